The average Bonchev–Trinajstić information content (AvgIpc) is 3.29. The number of anilines is 1. The molecule has 1 atom stereocenters. The topological polar surface area (TPSA) is 67.8 Å². The van der Waals surface area contributed by atoms with Crippen molar-refractivity contribution in [3.63, 3.8) is 0 Å². The number of piperidine rings is 1. The van der Waals surface area contributed by atoms with Crippen molar-refractivity contribution in [3.05, 3.63) is 48.0 Å². The Hall–Kier alpha value is -2.67. The molecule has 0 radical (unpaired) electrons. The lowest BCUT2D eigenvalue weighted by Gasteiger charge is -2.50. The summed E-state index contributed by atoms with van der Waals surface area (Å²) in [5.74, 6) is 1.43. The molecule has 0 bridgehead atoms. The summed E-state index contributed by atoms with van der Waals surface area (Å²) in [6, 6.07) is 9.07. The Morgan fingerprint density at radius 1 is 1.17 bits per heavy atom. The number of hydrogen-bond acceptors (Lipinski definition) is 7. The van der Waals surface area contributed by atoms with Crippen molar-refractivity contribution >= 4 is 12.2 Å². The molecule has 3 aliphatic rings. The Kier molecular flexibility index (Phi) is 6.71. The smallest absolute Gasteiger partial charge is 0.293 e. The van der Waals surface area contributed by atoms with Gasteiger partial charge in [0, 0.05) is 24.5 Å². The Morgan fingerprint density at radius 3 is 2.69 bits per heavy atom. The number of benzene rings is 1. The molecule has 0 N–H and O–H groups in total. The number of hydrogen-bond donors (Lipinski definition) is 0. The van der Waals surface area contributed by atoms with Crippen LogP contribution in [0, 0.1) is 12.3 Å². The zero-order chi connectivity index (χ0) is 24.5. The molecule has 1 saturated carbocycles. The van der Waals surface area contributed by atoms with E-state index in [2.05, 4.69) is 38.8 Å². The molecule has 1 aromatic heterocycles. The first-order chi connectivity index (χ1) is 16.9. The molecule has 2 saturated heterocycles. The second-order valence-corrected chi connectivity index (χ2v) is 11.4. The van der Waals surface area contributed by atoms with Gasteiger partial charge in [-0.2, -0.15) is 0 Å². The number of rotatable bonds is 8. The van der Waals surface area contributed by atoms with Gasteiger partial charge in [0.15, 0.2) is 0 Å². The maximum atomic E-state index is 10.8. The van der Waals surface area contributed by atoms with Gasteiger partial charge in [-0.3, -0.25) is 4.79 Å². The van der Waals surface area contributed by atoms with Crippen LogP contribution >= 0.6 is 0 Å². The van der Waals surface area contributed by atoms with Gasteiger partial charge < -0.3 is 19.3 Å². The summed E-state index contributed by atoms with van der Waals surface area (Å²) < 4.78 is 11.3. The second-order valence-electron chi connectivity index (χ2n) is 11.4. The highest BCUT2D eigenvalue weighted by Crippen LogP contribution is 2.49. The van der Waals surface area contributed by atoms with Crippen LogP contribution < -0.4 is 9.64 Å². The predicted molar refractivity (Wildman–Crippen MR) is 136 cm³/mol. The van der Waals surface area contributed by atoms with Crippen LogP contribution in [0.1, 0.15) is 63.1 Å². The number of carbonyl (C=O) groups is 1. The third-order valence-electron chi connectivity index (χ3n) is 8.30. The van der Waals surface area contributed by atoms with E-state index in [9.17, 15) is 4.79 Å². The monoisotopic (exact) mass is 478 g/mol. The quantitative estimate of drug-likeness (QED) is 0.523. The Morgan fingerprint density at radius 2 is 1.94 bits per heavy atom. The number of aryl methyl sites for hydroxylation is 1. The van der Waals surface area contributed by atoms with Crippen molar-refractivity contribution in [2.75, 3.05) is 37.7 Å². The molecule has 5 rings (SSSR count). The third kappa shape index (κ3) is 5.15. The van der Waals surface area contributed by atoms with Gasteiger partial charge in [-0.25, -0.2) is 9.97 Å². The van der Waals surface area contributed by atoms with Gasteiger partial charge in [0.25, 0.3) is 6.47 Å². The number of likely N-dealkylation sites (tertiary alicyclic amines) is 1. The van der Waals surface area contributed by atoms with E-state index in [0.29, 0.717) is 30.5 Å². The predicted octanol–water partition coefficient (Wildman–Crippen LogP) is 4.35. The molecule has 0 unspecified atom stereocenters. The molecule has 1 spiro atoms. The van der Waals surface area contributed by atoms with Gasteiger partial charge in [-0.15, -0.1) is 0 Å². The van der Waals surface area contributed by atoms with Crippen LogP contribution in [-0.4, -0.2) is 65.8 Å². The molecule has 7 heteroatoms. The molecule has 2 aliphatic heterocycles. The van der Waals surface area contributed by atoms with Crippen molar-refractivity contribution in [2.24, 2.45) is 5.41 Å². The van der Waals surface area contributed by atoms with Crippen molar-refractivity contribution < 1.29 is 14.3 Å². The van der Waals surface area contributed by atoms with Crippen molar-refractivity contribution in [2.45, 2.75) is 70.4 Å². The van der Waals surface area contributed by atoms with E-state index in [4.69, 9.17) is 9.47 Å². The van der Waals surface area contributed by atoms with Gasteiger partial charge >= 0.3 is 0 Å². The third-order valence-corrected chi connectivity index (χ3v) is 8.30. The van der Waals surface area contributed by atoms with Crippen LogP contribution in [0.4, 0.5) is 5.69 Å². The summed E-state index contributed by atoms with van der Waals surface area (Å²) in [6.45, 7) is 11.2. The molecule has 2 aromatic rings. The lowest BCUT2D eigenvalue weighted by molar-refractivity contribution is -0.142. The first-order valence-corrected chi connectivity index (χ1v) is 13.0. The number of carbonyl (C=O) groups excluding carboxylic acids is 1. The van der Waals surface area contributed by atoms with E-state index >= 15 is 0 Å². The lowest BCUT2D eigenvalue weighted by atomic mass is 9.77. The fraction of sp³-hybridized carbons (Fsp3) is 0.607. The van der Waals surface area contributed by atoms with Gasteiger partial charge in [-0.05, 0) is 83.5 Å². The van der Waals surface area contributed by atoms with E-state index in [1.807, 2.05) is 32.2 Å². The summed E-state index contributed by atoms with van der Waals surface area (Å²) >= 11 is 0. The minimum atomic E-state index is -0.639. The molecule has 3 fully saturated rings. The van der Waals surface area contributed by atoms with E-state index in [-0.39, 0.29) is 0 Å². The first-order valence-electron chi connectivity index (χ1n) is 13.0. The van der Waals surface area contributed by atoms with Crippen LogP contribution in [0.15, 0.2) is 36.8 Å². The standard InChI is InChI=1S/C28H38N4O3/c1-21-25(15-29-19-30-21)32-16-28(17-32)11-8-23(14-28)31-12-9-22(10-13-31)24-6-4-5-7-26(24)34-18-27(2,3)35-20-33/h4-7,15,19-20,22-23H,8-14,16-18H2,1-3H3/t23-/m1/s1. The minimum Gasteiger partial charge on any atom is -0.489 e. The largest absolute Gasteiger partial charge is 0.489 e. The van der Waals surface area contributed by atoms with Crippen molar-refractivity contribution in [3.8, 4) is 5.75 Å². The lowest BCUT2D eigenvalue weighted by Crippen LogP contribution is -2.56. The zero-order valence-corrected chi connectivity index (χ0v) is 21.3. The Balaban J connectivity index is 1.14. The summed E-state index contributed by atoms with van der Waals surface area (Å²) in [6.07, 6.45) is 9.87. The molecular formula is C28H38N4O3. The fourth-order valence-corrected chi connectivity index (χ4v) is 6.34. The molecule has 7 nitrogen and oxygen atoms in total. The maximum Gasteiger partial charge on any atom is 0.293 e. The van der Waals surface area contributed by atoms with Crippen molar-refractivity contribution in [1.29, 1.82) is 0 Å². The SMILES string of the molecule is Cc1ncncc1N1CC2(CC[C@@H](N3CCC(c4ccccc4OCC(C)(C)OC=O)CC3)C2)C1. The molecule has 188 valence electrons. The Bertz CT molecular complexity index is 1030. The molecular weight excluding hydrogens is 440 g/mol. The molecule has 1 aromatic carbocycles. The first kappa shape index (κ1) is 24.0. The van der Waals surface area contributed by atoms with E-state index in [1.54, 1.807) is 6.33 Å². The van der Waals surface area contributed by atoms with Gasteiger partial charge in [0.05, 0.1) is 17.6 Å². The zero-order valence-electron chi connectivity index (χ0n) is 21.3. The summed E-state index contributed by atoms with van der Waals surface area (Å²) in [7, 11) is 0. The highest BCUT2D eigenvalue weighted by Gasteiger charge is 2.49. The highest BCUT2D eigenvalue weighted by molar-refractivity contribution is 5.51. The van der Waals surface area contributed by atoms with Crippen LogP contribution in [0.5, 0.6) is 5.75 Å². The van der Waals surface area contributed by atoms with E-state index in [0.717, 1.165) is 50.5 Å². The van der Waals surface area contributed by atoms with Crippen LogP contribution in [0.3, 0.4) is 0 Å². The van der Waals surface area contributed by atoms with Gasteiger partial charge in [-0.1, -0.05) is 18.2 Å². The van der Waals surface area contributed by atoms with E-state index < -0.39 is 5.60 Å². The number of aromatic nitrogens is 2. The molecule has 3 heterocycles. The summed E-state index contributed by atoms with van der Waals surface area (Å²) in [5, 5.41) is 0. The highest BCUT2D eigenvalue weighted by atomic mass is 16.6. The van der Waals surface area contributed by atoms with Crippen LogP contribution in [0.2, 0.25) is 0 Å². The van der Waals surface area contributed by atoms with Gasteiger partial charge in [0.1, 0.15) is 24.3 Å². The minimum absolute atomic E-state index is 0.345. The maximum absolute atomic E-state index is 10.8. The van der Waals surface area contributed by atoms with Crippen LogP contribution in [-0.2, 0) is 9.53 Å². The molecule has 0 amide bonds. The Labute approximate surface area is 208 Å². The summed E-state index contributed by atoms with van der Waals surface area (Å²) in [5.41, 5.74) is 3.40. The second kappa shape index (κ2) is 9.76. The fourth-order valence-electron chi connectivity index (χ4n) is 6.34. The number of nitrogens with zero attached hydrogens (tertiary/aromatic N) is 4. The normalized spacial score (nSPS) is 22.7. The van der Waals surface area contributed by atoms with E-state index in [1.165, 1.54) is 30.5 Å². The van der Waals surface area contributed by atoms with Crippen molar-refractivity contribution in [1.82, 2.24) is 14.9 Å². The summed E-state index contributed by atoms with van der Waals surface area (Å²) in [4.78, 5) is 24.6. The number of para-hydroxylation sites is 1. The molecule has 1 aliphatic carbocycles. The van der Waals surface area contributed by atoms with Gasteiger partial charge in [0.2, 0.25) is 0 Å². The molecule has 35 heavy (non-hydrogen) atoms. The number of ether oxygens (including phenoxy) is 2. The average molecular weight is 479 g/mol. The van der Waals surface area contributed by atoms with Crippen LogP contribution in [0.25, 0.3) is 0 Å².